The van der Waals surface area contributed by atoms with Crippen molar-refractivity contribution < 1.29 is 4.52 Å². The number of rotatable bonds is 3. The second-order valence-corrected chi connectivity index (χ2v) is 4.76. The fourth-order valence-corrected chi connectivity index (χ4v) is 2.06. The summed E-state index contributed by atoms with van der Waals surface area (Å²) in [5.74, 6) is 0.948. The number of nitrogens with zero attached hydrogens (tertiary/aromatic N) is 2. The summed E-state index contributed by atoms with van der Waals surface area (Å²) in [4.78, 5) is 4.42. The van der Waals surface area contributed by atoms with Gasteiger partial charge in [-0.2, -0.15) is 4.98 Å². The molecule has 21 heavy (non-hydrogen) atoms. The summed E-state index contributed by atoms with van der Waals surface area (Å²) in [7, 11) is 0. The predicted molar refractivity (Wildman–Crippen MR) is 85.6 cm³/mol. The fourth-order valence-electron chi connectivity index (χ4n) is 1.95. The molecule has 5 nitrogen and oxygen atoms in total. The molecular formula is C15H12N4OS. The van der Waals surface area contributed by atoms with Crippen LogP contribution in [0.15, 0.2) is 59.1 Å². The van der Waals surface area contributed by atoms with Crippen LogP contribution in [0.3, 0.4) is 0 Å². The van der Waals surface area contributed by atoms with E-state index in [1.807, 2.05) is 54.6 Å². The van der Waals surface area contributed by atoms with Crippen molar-refractivity contribution in [2.75, 3.05) is 5.32 Å². The van der Waals surface area contributed by atoms with Crippen LogP contribution in [0.1, 0.15) is 0 Å². The van der Waals surface area contributed by atoms with Gasteiger partial charge in [0.2, 0.25) is 5.82 Å². The van der Waals surface area contributed by atoms with Crippen molar-refractivity contribution in [3.63, 3.8) is 0 Å². The molecule has 6 heteroatoms. The molecule has 0 aliphatic carbocycles. The molecule has 0 saturated carbocycles. The van der Waals surface area contributed by atoms with Gasteiger partial charge in [0.15, 0.2) is 5.11 Å². The number of benzene rings is 2. The summed E-state index contributed by atoms with van der Waals surface area (Å²) >= 11 is 4.87. The van der Waals surface area contributed by atoms with Crippen molar-refractivity contribution in [1.82, 2.24) is 10.1 Å². The Balaban J connectivity index is 1.99. The van der Waals surface area contributed by atoms with E-state index in [9.17, 15) is 0 Å². The maximum Gasteiger partial charge on any atom is 0.260 e. The van der Waals surface area contributed by atoms with Crippen molar-refractivity contribution >= 4 is 23.0 Å². The van der Waals surface area contributed by atoms with E-state index in [0.717, 1.165) is 16.8 Å². The van der Waals surface area contributed by atoms with Gasteiger partial charge in [-0.15, -0.1) is 0 Å². The largest absolute Gasteiger partial charge is 0.376 e. The first-order chi connectivity index (χ1) is 10.2. The van der Waals surface area contributed by atoms with Crippen molar-refractivity contribution in [3.05, 3.63) is 54.6 Å². The van der Waals surface area contributed by atoms with Gasteiger partial charge in [-0.3, -0.25) is 0 Å². The van der Waals surface area contributed by atoms with Gasteiger partial charge in [-0.25, -0.2) is 0 Å². The molecule has 3 N–H and O–H groups in total. The normalized spacial score (nSPS) is 10.3. The number of nitrogens with two attached hydrogens (primary N) is 1. The zero-order valence-corrected chi connectivity index (χ0v) is 11.8. The summed E-state index contributed by atoms with van der Waals surface area (Å²) in [6.45, 7) is 0. The molecule has 0 radical (unpaired) electrons. The standard InChI is InChI=1S/C15H12N4OS/c16-15(21)17-12-9-5-4-8-11(12)14-18-13(19-20-14)10-6-2-1-3-7-10/h1-9H,(H3,16,17,21). The summed E-state index contributed by atoms with van der Waals surface area (Å²) in [6.07, 6.45) is 0. The molecule has 0 aliphatic heterocycles. The van der Waals surface area contributed by atoms with Crippen LogP contribution in [-0.2, 0) is 0 Å². The summed E-state index contributed by atoms with van der Waals surface area (Å²) in [5, 5.41) is 7.09. The molecule has 0 bridgehead atoms. The molecule has 104 valence electrons. The van der Waals surface area contributed by atoms with E-state index in [0.29, 0.717) is 11.7 Å². The monoisotopic (exact) mass is 296 g/mol. The molecule has 3 aromatic rings. The van der Waals surface area contributed by atoms with Crippen LogP contribution in [0.2, 0.25) is 0 Å². The highest BCUT2D eigenvalue weighted by Crippen LogP contribution is 2.28. The smallest absolute Gasteiger partial charge is 0.260 e. The lowest BCUT2D eigenvalue weighted by atomic mass is 10.1. The van der Waals surface area contributed by atoms with Gasteiger partial charge in [0.25, 0.3) is 5.89 Å². The van der Waals surface area contributed by atoms with E-state index in [4.69, 9.17) is 22.5 Å². The first-order valence-electron chi connectivity index (χ1n) is 6.29. The quantitative estimate of drug-likeness (QED) is 0.723. The molecule has 1 heterocycles. The third-order valence-corrected chi connectivity index (χ3v) is 2.98. The molecule has 0 unspecified atom stereocenters. The molecule has 0 atom stereocenters. The van der Waals surface area contributed by atoms with Crippen LogP contribution in [0, 0.1) is 0 Å². The van der Waals surface area contributed by atoms with E-state index in [1.54, 1.807) is 0 Å². The van der Waals surface area contributed by atoms with Gasteiger partial charge >= 0.3 is 0 Å². The second kappa shape index (κ2) is 5.72. The highest BCUT2D eigenvalue weighted by molar-refractivity contribution is 7.80. The highest BCUT2D eigenvalue weighted by Gasteiger charge is 2.13. The molecule has 0 amide bonds. The molecule has 0 saturated heterocycles. The Kier molecular flexibility index (Phi) is 3.61. The van der Waals surface area contributed by atoms with E-state index in [2.05, 4.69) is 15.5 Å². The fraction of sp³-hybridized carbons (Fsp3) is 0. The maximum absolute atomic E-state index is 5.52. The van der Waals surface area contributed by atoms with Crippen LogP contribution >= 0.6 is 12.2 Å². The third kappa shape index (κ3) is 2.90. The van der Waals surface area contributed by atoms with Gasteiger partial charge in [0.1, 0.15) is 0 Å². The first kappa shape index (κ1) is 13.3. The predicted octanol–water partition coefficient (Wildman–Crippen LogP) is 3.06. The highest BCUT2D eigenvalue weighted by atomic mass is 32.1. The molecule has 2 aromatic carbocycles. The number of anilines is 1. The molecule has 1 aromatic heterocycles. The van der Waals surface area contributed by atoms with Crippen molar-refractivity contribution in [2.45, 2.75) is 0 Å². The second-order valence-electron chi connectivity index (χ2n) is 4.32. The number of para-hydroxylation sites is 1. The lowest BCUT2D eigenvalue weighted by Gasteiger charge is -2.06. The van der Waals surface area contributed by atoms with Crippen LogP contribution in [0.4, 0.5) is 5.69 Å². The number of hydrogen-bond donors (Lipinski definition) is 2. The van der Waals surface area contributed by atoms with Crippen LogP contribution in [0.25, 0.3) is 22.8 Å². The van der Waals surface area contributed by atoms with E-state index < -0.39 is 0 Å². The Morgan fingerprint density at radius 2 is 1.76 bits per heavy atom. The average molecular weight is 296 g/mol. The first-order valence-corrected chi connectivity index (χ1v) is 6.70. The third-order valence-electron chi connectivity index (χ3n) is 2.87. The number of aromatic nitrogens is 2. The summed E-state index contributed by atoms with van der Waals surface area (Å²) in [6, 6.07) is 17.1. The minimum atomic E-state index is 0.185. The topological polar surface area (TPSA) is 77.0 Å². The zero-order chi connectivity index (χ0) is 14.7. The van der Waals surface area contributed by atoms with Crippen LogP contribution < -0.4 is 11.1 Å². The van der Waals surface area contributed by atoms with Crippen LogP contribution in [-0.4, -0.2) is 15.3 Å². The van der Waals surface area contributed by atoms with Gasteiger partial charge < -0.3 is 15.6 Å². The Hall–Kier alpha value is -2.73. The Morgan fingerprint density at radius 3 is 2.52 bits per heavy atom. The molecular weight excluding hydrogens is 284 g/mol. The molecule has 3 rings (SSSR count). The molecule has 0 aliphatic rings. The SMILES string of the molecule is NC(=S)Nc1ccccc1-c1nc(-c2ccccc2)no1. The summed E-state index contributed by atoms with van der Waals surface area (Å²) in [5.41, 5.74) is 7.90. The van der Waals surface area contributed by atoms with Crippen LogP contribution in [0.5, 0.6) is 0 Å². The van der Waals surface area contributed by atoms with E-state index in [-0.39, 0.29) is 5.11 Å². The Bertz CT molecular complexity index is 770. The Morgan fingerprint density at radius 1 is 1.05 bits per heavy atom. The maximum atomic E-state index is 5.52. The number of nitrogens with one attached hydrogen (secondary N) is 1. The van der Waals surface area contributed by atoms with E-state index in [1.165, 1.54) is 0 Å². The van der Waals surface area contributed by atoms with Gasteiger partial charge in [0, 0.05) is 5.56 Å². The number of hydrogen-bond acceptors (Lipinski definition) is 4. The minimum Gasteiger partial charge on any atom is -0.376 e. The molecule has 0 fully saturated rings. The van der Waals surface area contributed by atoms with Crippen molar-refractivity contribution in [2.24, 2.45) is 5.73 Å². The minimum absolute atomic E-state index is 0.185. The zero-order valence-electron chi connectivity index (χ0n) is 11.0. The van der Waals surface area contributed by atoms with Crippen molar-refractivity contribution in [3.8, 4) is 22.8 Å². The van der Waals surface area contributed by atoms with Gasteiger partial charge in [-0.1, -0.05) is 47.6 Å². The van der Waals surface area contributed by atoms with E-state index >= 15 is 0 Å². The summed E-state index contributed by atoms with van der Waals surface area (Å²) < 4.78 is 5.34. The average Bonchev–Trinajstić information content (AvgIpc) is 2.98. The van der Waals surface area contributed by atoms with Gasteiger partial charge in [0.05, 0.1) is 11.3 Å². The van der Waals surface area contributed by atoms with Crippen molar-refractivity contribution in [1.29, 1.82) is 0 Å². The number of thiocarbonyl (C=S) groups is 1. The lowest BCUT2D eigenvalue weighted by molar-refractivity contribution is 0.432. The molecule has 0 spiro atoms. The Labute approximate surface area is 126 Å². The van der Waals surface area contributed by atoms with Gasteiger partial charge in [-0.05, 0) is 24.4 Å². The lowest BCUT2D eigenvalue weighted by Crippen LogP contribution is -2.19.